The average molecular weight is 500 g/mol. The first kappa shape index (κ1) is 25.1. The fourth-order valence-electron chi connectivity index (χ4n) is 2.97. The number of ether oxygens (including phenoxy) is 2. The predicted molar refractivity (Wildman–Crippen MR) is 134 cm³/mol. The van der Waals surface area contributed by atoms with E-state index in [0.717, 1.165) is 11.1 Å². The second-order valence-corrected chi connectivity index (χ2v) is 8.19. The van der Waals surface area contributed by atoms with Gasteiger partial charge in [-0.2, -0.15) is 5.10 Å². The number of aryl methyl sites for hydroxylation is 2. The molecule has 0 heterocycles. The van der Waals surface area contributed by atoms with Crippen molar-refractivity contribution in [3.05, 3.63) is 86.9 Å². The van der Waals surface area contributed by atoms with Crippen LogP contribution in [0.1, 0.15) is 22.3 Å². The summed E-state index contributed by atoms with van der Waals surface area (Å²) in [7, 11) is 1.50. The number of hydrogen-bond acceptors (Lipinski definition) is 5. The number of carbonyl (C=O) groups excluding carboxylic acids is 2. The van der Waals surface area contributed by atoms with Crippen molar-refractivity contribution in [1.29, 1.82) is 0 Å². The summed E-state index contributed by atoms with van der Waals surface area (Å²) in [4.78, 5) is 24.2. The standard InChI is InChI=1S/C25H23Cl2N3O4/c1-15-7-8-16(2)21(11-15)29-24(31)25(32)30-28-13-17-9-10-22(23(12-17)33-3)34-14-18-19(26)5-4-6-20(18)27/h4-13H,14H2,1-3H3,(H,29,31)(H,30,32). The molecule has 0 spiro atoms. The molecule has 2 N–H and O–H groups in total. The van der Waals surface area contributed by atoms with Gasteiger partial charge in [0.1, 0.15) is 6.61 Å². The van der Waals surface area contributed by atoms with E-state index in [-0.39, 0.29) is 6.61 Å². The van der Waals surface area contributed by atoms with Crippen LogP contribution >= 0.6 is 23.2 Å². The highest BCUT2D eigenvalue weighted by Gasteiger charge is 2.14. The second-order valence-electron chi connectivity index (χ2n) is 7.37. The van der Waals surface area contributed by atoms with Crippen molar-refractivity contribution in [2.24, 2.45) is 5.10 Å². The molecule has 0 unspecified atom stereocenters. The molecule has 3 rings (SSSR count). The van der Waals surface area contributed by atoms with Gasteiger partial charge in [-0.25, -0.2) is 5.43 Å². The number of benzene rings is 3. The zero-order valence-corrected chi connectivity index (χ0v) is 20.3. The average Bonchev–Trinajstić information content (AvgIpc) is 2.81. The Morgan fingerprint density at radius 1 is 0.971 bits per heavy atom. The molecule has 0 fully saturated rings. The van der Waals surface area contributed by atoms with Gasteiger partial charge < -0.3 is 14.8 Å². The summed E-state index contributed by atoms with van der Waals surface area (Å²) in [5, 5.41) is 7.44. The van der Waals surface area contributed by atoms with Gasteiger partial charge in [-0.1, -0.05) is 41.4 Å². The second kappa shape index (κ2) is 11.5. The van der Waals surface area contributed by atoms with Crippen LogP contribution in [-0.2, 0) is 16.2 Å². The minimum absolute atomic E-state index is 0.161. The van der Waals surface area contributed by atoms with Crippen molar-refractivity contribution < 1.29 is 19.1 Å². The first-order valence-corrected chi connectivity index (χ1v) is 11.0. The van der Waals surface area contributed by atoms with Gasteiger partial charge in [0, 0.05) is 21.3 Å². The van der Waals surface area contributed by atoms with E-state index in [2.05, 4.69) is 15.8 Å². The number of nitrogens with zero attached hydrogens (tertiary/aromatic N) is 1. The van der Waals surface area contributed by atoms with Gasteiger partial charge in [0.25, 0.3) is 0 Å². The van der Waals surface area contributed by atoms with Crippen molar-refractivity contribution in [3.8, 4) is 11.5 Å². The maximum absolute atomic E-state index is 12.1. The van der Waals surface area contributed by atoms with Crippen LogP contribution in [0.25, 0.3) is 0 Å². The number of carbonyl (C=O) groups is 2. The van der Waals surface area contributed by atoms with E-state index in [0.29, 0.717) is 38.4 Å². The Morgan fingerprint density at radius 3 is 2.41 bits per heavy atom. The number of hydrogen-bond donors (Lipinski definition) is 2. The van der Waals surface area contributed by atoms with Crippen LogP contribution in [0.3, 0.4) is 0 Å². The molecular weight excluding hydrogens is 477 g/mol. The van der Waals surface area contributed by atoms with Gasteiger partial charge in [0.05, 0.1) is 13.3 Å². The molecule has 0 aliphatic heterocycles. The Labute approximate surface area is 207 Å². The fraction of sp³-hybridized carbons (Fsp3) is 0.160. The molecule has 0 saturated carbocycles. The van der Waals surface area contributed by atoms with Gasteiger partial charge in [0.2, 0.25) is 0 Å². The Hall–Kier alpha value is -3.55. The van der Waals surface area contributed by atoms with Gasteiger partial charge >= 0.3 is 11.8 Å². The zero-order chi connectivity index (χ0) is 24.7. The lowest BCUT2D eigenvalue weighted by Crippen LogP contribution is -2.32. The summed E-state index contributed by atoms with van der Waals surface area (Å²) in [5.41, 5.74) is 5.89. The molecule has 0 saturated heterocycles. The highest BCUT2D eigenvalue weighted by molar-refractivity contribution is 6.39. The van der Waals surface area contributed by atoms with E-state index < -0.39 is 11.8 Å². The van der Waals surface area contributed by atoms with Gasteiger partial charge in [-0.05, 0) is 66.9 Å². The number of amides is 2. The van der Waals surface area contributed by atoms with E-state index >= 15 is 0 Å². The van der Waals surface area contributed by atoms with Crippen molar-refractivity contribution in [2.75, 3.05) is 12.4 Å². The SMILES string of the molecule is COc1cc(C=NNC(=O)C(=O)Nc2cc(C)ccc2C)ccc1OCc1c(Cl)cccc1Cl. The van der Waals surface area contributed by atoms with E-state index in [1.807, 2.05) is 26.0 Å². The van der Waals surface area contributed by atoms with Crippen molar-refractivity contribution in [2.45, 2.75) is 20.5 Å². The van der Waals surface area contributed by atoms with Crippen molar-refractivity contribution in [1.82, 2.24) is 5.43 Å². The number of hydrazone groups is 1. The van der Waals surface area contributed by atoms with E-state index in [9.17, 15) is 9.59 Å². The van der Waals surface area contributed by atoms with Gasteiger partial charge in [-0.3, -0.25) is 9.59 Å². The van der Waals surface area contributed by atoms with Gasteiger partial charge in [0.15, 0.2) is 11.5 Å². The third-order valence-corrected chi connectivity index (χ3v) is 5.56. The number of halogens is 2. The normalized spacial score (nSPS) is 10.7. The minimum atomic E-state index is -0.888. The Morgan fingerprint density at radius 2 is 1.71 bits per heavy atom. The highest BCUT2D eigenvalue weighted by atomic mass is 35.5. The molecule has 7 nitrogen and oxygen atoms in total. The lowest BCUT2D eigenvalue weighted by atomic mass is 10.1. The Balaban J connectivity index is 1.60. The molecule has 9 heteroatoms. The molecule has 2 amide bonds. The largest absolute Gasteiger partial charge is 0.493 e. The quantitative estimate of drug-likeness (QED) is 0.262. The molecule has 0 aliphatic rings. The summed E-state index contributed by atoms with van der Waals surface area (Å²) in [6.45, 7) is 3.90. The Kier molecular flexibility index (Phi) is 8.51. The number of methoxy groups -OCH3 is 1. The van der Waals surface area contributed by atoms with Crippen LogP contribution in [0.2, 0.25) is 10.0 Å². The molecule has 0 aliphatic carbocycles. The number of anilines is 1. The molecule has 176 valence electrons. The maximum Gasteiger partial charge on any atom is 0.329 e. The molecule has 0 bridgehead atoms. The van der Waals surface area contributed by atoms with E-state index in [4.69, 9.17) is 32.7 Å². The highest BCUT2D eigenvalue weighted by Crippen LogP contribution is 2.31. The summed E-state index contributed by atoms with van der Waals surface area (Å²) < 4.78 is 11.2. The van der Waals surface area contributed by atoms with Crippen LogP contribution in [-0.4, -0.2) is 25.1 Å². The van der Waals surface area contributed by atoms with Crippen LogP contribution in [0.4, 0.5) is 5.69 Å². The first-order valence-electron chi connectivity index (χ1n) is 10.2. The maximum atomic E-state index is 12.1. The summed E-state index contributed by atoms with van der Waals surface area (Å²) >= 11 is 12.4. The third kappa shape index (κ3) is 6.50. The summed E-state index contributed by atoms with van der Waals surface area (Å²) in [6, 6.07) is 15.9. The number of nitrogens with one attached hydrogen (secondary N) is 2. The van der Waals surface area contributed by atoms with E-state index in [1.165, 1.54) is 13.3 Å². The van der Waals surface area contributed by atoms with Gasteiger partial charge in [-0.15, -0.1) is 0 Å². The van der Waals surface area contributed by atoms with E-state index in [1.54, 1.807) is 42.5 Å². The Bertz CT molecular complexity index is 1220. The van der Waals surface area contributed by atoms with Crippen molar-refractivity contribution in [3.63, 3.8) is 0 Å². The topological polar surface area (TPSA) is 89.0 Å². The number of rotatable bonds is 7. The van der Waals surface area contributed by atoms with Crippen LogP contribution in [0.15, 0.2) is 59.7 Å². The molecule has 0 atom stereocenters. The zero-order valence-electron chi connectivity index (χ0n) is 18.8. The molecule has 3 aromatic rings. The molecule has 34 heavy (non-hydrogen) atoms. The molecule has 0 aromatic heterocycles. The third-order valence-electron chi connectivity index (χ3n) is 4.85. The van der Waals surface area contributed by atoms with Crippen LogP contribution < -0.4 is 20.2 Å². The first-order chi connectivity index (χ1) is 16.3. The monoisotopic (exact) mass is 499 g/mol. The lowest BCUT2D eigenvalue weighted by molar-refractivity contribution is -0.136. The molecule has 3 aromatic carbocycles. The molecule has 0 radical (unpaired) electrons. The predicted octanol–water partition coefficient (Wildman–Crippen LogP) is 5.29. The van der Waals surface area contributed by atoms with Crippen LogP contribution in [0.5, 0.6) is 11.5 Å². The minimum Gasteiger partial charge on any atom is -0.493 e. The summed E-state index contributed by atoms with van der Waals surface area (Å²) in [5.74, 6) is -0.773. The van der Waals surface area contributed by atoms with Crippen LogP contribution in [0, 0.1) is 13.8 Å². The summed E-state index contributed by atoms with van der Waals surface area (Å²) in [6.07, 6.45) is 1.39. The fourth-order valence-corrected chi connectivity index (χ4v) is 3.48. The smallest absolute Gasteiger partial charge is 0.329 e. The molecular formula is C25H23Cl2N3O4. The lowest BCUT2D eigenvalue weighted by Gasteiger charge is -2.13. The van der Waals surface area contributed by atoms with Crippen molar-refractivity contribution >= 4 is 46.9 Å².